The molecule has 0 aliphatic carbocycles. The second-order valence-corrected chi connectivity index (χ2v) is 6.50. The van der Waals surface area contributed by atoms with E-state index in [-0.39, 0.29) is 5.91 Å². The molecular weight excluding hydrogens is 332 g/mol. The van der Waals surface area contributed by atoms with Crippen molar-refractivity contribution in [3.63, 3.8) is 0 Å². The second-order valence-electron chi connectivity index (χ2n) is 5.51. The van der Waals surface area contributed by atoms with Crippen LogP contribution in [0.25, 0.3) is 10.6 Å². The van der Waals surface area contributed by atoms with Gasteiger partial charge in [-0.25, -0.2) is 4.98 Å². The topological polar surface area (TPSA) is 78.7 Å². The van der Waals surface area contributed by atoms with E-state index in [0.717, 1.165) is 21.8 Å². The SMILES string of the molecule is Cc1nc(NC(=O)CCc2ccc(C#N)cc2)sc1-c1ccccn1. The Morgan fingerprint density at radius 3 is 2.72 bits per heavy atom. The number of hydrogen-bond donors (Lipinski definition) is 1. The number of nitrogens with one attached hydrogen (secondary N) is 1. The number of rotatable bonds is 5. The summed E-state index contributed by atoms with van der Waals surface area (Å²) in [6, 6.07) is 15.1. The van der Waals surface area contributed by atoms with Gasteiger partial charge in [0.25, 0.3) is 0 Å². The predicted octanol–water partition coefficient (Wildman–Crippen LogP) is 3.96. The molecule has 1 N–H and O–H groups in total. The van der Waals surface area contributed by atoms with E-state index < -0.39 is 0 Å². The first-order valence-corrected chi connectivity index (χ1v) is 8.65. The van der Waals surface area contributed by atoms with Gasteiger partial charge in [0.1, 0.15) is 0 Å². The molecule has 0 fully saturated rings. The number of nitrogens with zero attached hydrogens (tertiary/aromatic N) is 3. The molecular formula is C19H16N4OS. The van der Waals surface area contributed by atoms with Crippen molar-refractivity contribution in [2.24, 2.45) is 0 Å². The summed E-state index contributed by atoms with van der Waals surface area (Å²) in [5.41, 5.74) is 3.36. The maximum absolute atomic E-state index is 12.2. The van der Waals surface area contributed by atoms with Gasteiger partial charge in [-0.2, -0.15) is 5.26 Å². The van der Waals surface area contributed by atoms with Crippen molar-refractivity contribution in [2.75, 3.05) is 5.32 Å². The molecule has 0 spiro atoms. The van der Waals surface area contributed by atoms with Crippen LogP contribution in [-0.2, 0) is 11.2 Å². The third-order valence-electron chi connectivity index (χ3n) is 3.66. The molecule has 0 saturated heterocycles. The lowest BCUT2D eigenvalue weighted by molar-refractivity contribution is -0.116. The van der Waals surface area contributed by atoms with E-state index in [0.29, 0.717) is 23.5 Å². The minimum Gasteiger partial charge on any atom is -0.302 e. The molecule has 6 heteroatoms. The van der Waals surface area contributed by atoms with Crippen LogP contribution in [0.2, 0.25) is 0 Å². The first-order chi connectivity index (χ1) is 12.2. The van der Waals surface area contributed by atoms with Gasteiger partial charge in [-0.3, -0.25) is 9.78 Å². The maximum Gasteiger partial charge on any atom is 0.226 e. The number of benzene rings is 1. The largest absolute Gasteiger partial charge is 0.302 e. The molecule has 0 radical (unpaired) electrons. The highest BCUT2D eigenvalue weighted by molar-refractivity contribution is 7.19. The normalized spacial score (nSPS) is 10.2. The summed E-state index contributed by atoms with van der Waals surface area (Å²) in [7, 11) is 0. The maximum atomic E-state index is 12.2. The molecule has 2 aromatic heterocycles. The first kappa shape index (κ1) is 16.8. The smallest absolute Gasteiger partial charge is 0.226 e. The Morgan fingerprint density at radius 1 is 1.24 bits per heavy atom. The van der Waals surface area contributed by atoms with Crippen LogP contribution in [0.5, 0.6) is 0 Å². The Bertz CT molecular complexity index is 911. The number of aromatic nitrogens is 2. The lowest BCUT2D eigenvalue weighted by atomic mass is 10.1. The number of pyridine rings is 1. The van der Waals surface area contributed by atoms with Crippen molar-refractivity contribution in [1.82, 2.24) is 9.97 Å². The highest BCUT2D eigenvalue weighted by Gasteiger charge is 2.12. The van der Waals surface area contributed by atoms with E-state index >= 15 is 0 Å². The van der Waals surface area contributed by atoms with Gasteiger partial charge in [-0.1, -0.05) is 29.5 Å². The van der Waals surface area contributed by atoms with Crippen molar-refractivity contribution >= 4 is 22.4 Å². The van der Waals surface area contributed by atoms with Gasteiger partial charge in [-0.15, -0.1) is 0 Å². The van der Waals surface area contributed by atoms with Gasteiger partial charge >= 0.3 is 0 Å². The average molecular weight is 348 g/mol. The van der Waals surface area contributed by atoms with Crippen molar-refractivity contribution in [3.8, 4) is 16.6 Å². The van der Waals surface area contributed by atoms with Crippen LogP contribution < -0.4 is 5.32 Å². The van der Waals surface area contributed by atoms with Crippen LogP contribution in [0.15, 0.2) is 48.7 Å². The van der Waals surface area contributed by atoms with Crippen LogP contribution in [0, 0.1) is 18.3 Å². The molecule has 1 amide bonds. The molecule has 5 nitrogen and oxygen atoms in total. The molecule has 124 valence electrons. The fourth-order valence-corrected chi connectivity index (χ4v) is 3.33. The molecule has 0 atom stereocenters. The predicted molar refractivity (Wildman–Crippen MR) is 98.2 cm³/mol. The number of carbonyl (C=O) groups excluding carboxylic acids is 1. The molecule has 0 bridgehead atoms. The van der Waals surface area contributed by atoms with Gasteiger partial charge in [-0.05, 0) is 43.2 Å². The molecule has 3 aromatic rings. The van der Waals surface area contributed by atoms with E-state index in [2.05, 4.69) is 21.4 Å². The van der Waals surface area contributed by atoms with Crippen LogP contribution in [0.4, 0.5) is 5.13 Å². The van der Waals surface area contributed by atoms with Gasteiger partial charge in [0, 0.05) is 12.6 Å². The minimum atomic E-state index is -0.0781. The number of aryl methyl sites for hydroxylation is 2. The van der Waals surface area contributed by atoms with Crippen LogP contribution in [-0.4, -0.2) is 15.9 Å². The van der Waals surface area contributed by atoms with Crippen LogP contribution >= 0.6 is 11.3 Å². The number of hydrogen-bond acceptors (Lipinski definition) is 5. The third kappa shape index (κ3) is 4.28. The first-order valence-electron chi connectivity index (χ1n) is 7.83. The van der Waals surface area contributed by atoms with E-state index in [1.54, 1.807) is 18.3 Å². The minimum absolute atomic E-state index is 0.0781. The van der Waals surface area contributed by atoms with Crippen molar-refractivity contribution in [2.45, 2.75) is 19.8 Å². The van der Waals surface area contributed by atoms with E-state index in [9.17, 15) is 4.79 Å². The van der Waals surface area contributed by atoms with Gasteiger partial charge in [0.15, 0.2) is 5.13 Å². The van der Waals surface area contributed by atoms with Crippen LogP contribution in [0.3, 0.4) is 0 Å². The summed E-state index contributed by atoms with van der Waals surface area (Å²) in [5, 5.41) is 12.2. The lowest BCUT2D eigenvalue weighted by Gasteiger charge is -2.02. The molecule has 3 rings (SSSR count). The summed E-state index contributed by atoms with van der Waals surface area (Å²) in [6.45, 7) is 1.91. The Labute approximate surface area is 150 Å². The van der Waals surface area contributed by atoms with Crippen LogP contribution in [0.1, 0.15) is 23.2 Å². The summed E-state index contributed by atoms with van der Waals surface area (Å²) in [4.78, 5) is 21.9. The van der Waals surface area contributed by atoms with E-state index in [1.807, 2.05) is 37.3 Å². The standard InChI is InChI=1S/C19H16N4OS/c1-13-18(16-4-2-3-11-21-16)25-19(22-13)23-17(24)10-9-14-5-7-15(12-20)8-6-14/h2-8,11H,9-10H2,1H3,(H,22,23,24). The van der Waals surface area contributed by atoms with E-state index in [4.69, 9.17) is 5.26 Å². The molecule has 0 aliphatic rings. The second kappa shape index (κ2) is 7.69. The lowest BCUT2D eigenvalue weighted by Crippen LogP contribution is -2.12. The highest BCUT2D eigenvalue weighted by atomic mass is 32.1. The van der Waals surface area contributed by atoms with E-state index in [1.165, 1.54) is 11.3 Å². The third-order valence-corrected chi connectivity index (χ3v) is 4.76. The Kier molecular flexibility index (Phi) is 5.17. The Morgan fingerprint density at radius 2 is 2.04 bits per heavy atom. The summed E-state index contributed by atoms with van der Waals surface area (Å²) >= 11 is 1.43. The number of amides is 1. The van der Waals surface area contributed by atoms with Gasteiger partial charge < -0.3 is 5.32 Å². The number of thiazole rings is 1. The Balaban J connectivity index is 1.60. The zero-order valence-electron chi connectivity index (χ0n) is 13.7. The number of anilines is 1. The quantitative estimate of drug-likeness (QED) is 0.757. The summed E-state index contributed by atoms with van der Waals surface area (Å²) < 4.78 is 0. The van der Waals surface area contributed by atoms with Crippen molar-refractivity contribution < 1.29 is 4.79 Å². The molecule has 2 heterocycles. The fraction of sp³-hybridized carbons (Fsp3) is 0.158. The van der Waals surface area contributed by atoms with Gasteiger partial charge in [0.2, 0.25) is 5.91 Å². The average Bonchev–Trinajstić information content (AvgIpc) is 3.01. The summed E-state index contributed by atoms with van der Waals surface area (Å²) in [5.74, 6) is -0.0781. The Hall–Kier alpha value is -3.04. The highest BCUT2D eigenvalue weighted by Crippen LogP contribution is 2.31. The van der Waals surface area contributed by atoms with Gasteiger partial charge in [0.05, 0.1) is 27.9 Å². The zero-order chi connectivity index (χ0) is 17.6. The monoisotopic (exact) mass is 348 g/mol. The molecule has 25 heavy (non-hydrogen) atoms. The zero-order valence-corrected chi connectivity index (χ0v) is 14.5. The fourth-order valence-electron chi connectivity index (χ4n) is 2.37. The molecule has 0 aliphatic heterocycles. The van der Waals surface area contributed by atoms with Crippen molar-refractivity contribution in [1.29, 1.82) is 5.26 Å². The molecule has 0 saturated carbocycles. The number of carbonyl (C=O) groups is 1. The number of nitriles is 1. The van der Waals surface area contributed by atoms with Crippen molar-refractivity contribution in [3.05, 3.63) is 65.5 Å². The molecule has 1 aromatic carbocycles. The molecule has 0 unspecified atom stereocenters. The summed E-state index contributed by atoms with van der Waals surface area (Å²) in [6.07, 6.45) is 2.72.